The summed E-state index contributed by atoms with van der Waals surface area (Å²) < 4.78 is 4.69. The highest BCUT2D eigenvalue weighted by molar-refractivity contribution is 5.69. The van der Waals surface area contributed by atoms with Crippen molar-refractivity contribution in [2.75, 3.05) is 26.7 Å². The molecule has 1 N–H and O–H groups in total. The lowest BCUT2D eigenvalue weighted by Gasteiger charge is -2.47. The zero-order valence-electron chi connectivity index (χ0n) is 16.9. The van der Waals surface area contributed by atoms with Crippen LogP contribution in [0.5, 0.6) is 0 Å². The molecular weight excluding hydrogens is 350 g/mol. The van der Waals surface area contributed by atoms with Gasteiger partial charge in [0.25, 0.3) is 0 Å². The van der Waals surface area contributed by atoms with Crippen LogP contribution < -0.4 is 0 Å². The van der Waals surface area contributed by atoms with Crippen LogP contribution >= 0.6 is 0 Å². The zero-order chi connectivity index (χ0) is 20.0. The van der Waals surface area contributed by atoms with Gasteiger partial charge in [-0.25, -0.2) is 0 Å². The van der Waals surface area contributed by atoms with E-state index in [9.17, 15) is 9.90 Å². The van der Waals surface area contributed by atoms with Crippen LogP contribution in [0, 0.1) is 17.8 Å². The molecule has 0 aliphatic carbocycles. The van der Waals surface area contributed by atoms with E-state index in [2.05, 4.69) is 41.5 Å². The van der Waals surface area contributed by atoms with Gasteiger partial charge in [0.05, 0.1) is 7.11 Å². The van der Waals surface area contributed by atoms with Gasteiger partial charge in [0.2, 0.25) is 0 Å². The van der Waals surface area contributed by atoms with Crippen molar-refractivity contribution in [1.82, 2.24) is 4.90 Å². The summed E-state index contributed by atoms with van der Waals surface area (Å²) in [4.78, 5) is 13.6. The van der Waals surface area contributed by atoms with Crippen molar-refractivity contribution in [2.45, 2.75) is 50.5 Å². The van der Waals surface area contributed by atoms with Crippen LogP contribution in [-0.4, -0.2) is 48.3 Å². The van der Waals surface area contributed by atoms with E-state index in [1.54, 1.807) is 0 Å². The van der Waals surface area contributed by atoms with Crippen LogP contribution in [0.2, 0.25) is 0 Å². The zero-order valence-corrected chi connectivity index (χ0v) is 16.9. The highest BCUT2D eigenvalue weighted by Crippen LogP contribution is 2.35. The van der Waals surface area contributed by atoms with E-state index in [0.717, 1.165) is 62.7 Å². The highest BCUT2D eigenvalue weighted by atomic mass is 16.5. The molecule has 4 rings (SSSR count). The monoisotopic (exact) mass is 381 g/mol. The second kappa shape index (κ2) is 9.41. The summed E-state index contributed by atoms with van der Waals surface area (Å²) in [5.41, 5.74) is 2.45. The summed E-state index contributed by atoms with van der Waals surface area (Å²) in [5.74, 6) is 6.67. The third-order valence-electron chi connectivity index (χ3n) is 6.00. The van der Waals surface area contributed by atoms with Gasteiger partial charge in [-0.2, -0.15) is 0 Å². The number of aliphatic hydroxyl groups is 1. The number of methoxy groups -OCH3 is 1. The Morgan fingerprint density at radius 1 is 1.39 bits per heavy atom. The number of hydrogen-bond acceptors (Lipinski definition) is 4. The normalized spacial score (nSPS) is 25.6. The number of fused-ring (bicyclic) bond motifs is 3. The van der Waals surface area contributed by atoms with E-state index in [4.69, 9.17) is 4.74 Å². The van der Waals surface area contributed by atoms with Crippen molar-refractivity contribution < 1.29 is 14.6 Å². The van der Waals surface area contributed by atoms with Crippen molar-refractivity contribution in [3.8, 4) is 11.8 Å². The molecule has 0 saturated carbocycles. The largest absolute Gasteiger partial charge is 0.469 e. The fourth-order valence-corrected chi connectivity index (χ4v) is 4.29. The minimum absolute atomic E-state index is 0.154. The third-order valence-corrected chi connectivity index (χ3v) is 6.00. The first-order chi connectivity index (χ1) is 13.5. The Morgan fingerprint density at radius 2 is 2.18 bits per heavy atom. The van der Waals surface area contributed by atoms with Crippen LogP contribution in [0.3, 0.4) is 0 Å². The number of unbranched alkanes of at least 4 members (excludes halogenated alkanes) is 1. The quantitative estimate of drug-likeness (QED) is 0.341. The van der Waals surface area contributed by atoms with Crippen molar-refractivity contribution in [3.05, 3.63) is 47.5 Å². The summed E-state index contributed by atoms with van der Waals surface area (Å²) in [6, 6.07) is 6.38. The van der Waals surface area contributed by atoms with Crippen molar-refractivity contribution in [2.24, 2.45) is 5.92 Å². The molecule has 1 aromatic rings. The molecule has 1 aromatic carbocycles. The van der Waals surface area contributed by atoms with Gasteiger partial charge in [0, 0.05) is 24.4 Å². The molecule has 3 aliphatic rings. The summed E-state index contributed by atoms with van der Waals surface area (Å²) >= 11 is 0. The predicted molar refractivity (Wildman–Crippen MR) is 111 cm³/mol. The topological polar surface area (TPSA) is 49.8 Å². The maximum Gasteiger partial charge on any atom is 0.305 e. The van der Waals surface area contributed by atoms with Gasteiger partial charge in [-0.1, -0.05) is 30.0 Å². The second-order valence-electron chi connectivity index (χ2n) is 7.99. The molecule has 3 heterocycles. The third kappa shape index (κ3) is 5.04. The van der Waals surface area contributed by atoms with Gasteiger partial charge in [-0.05, 0) is 68.8 Å². The maximum atomic E-state index is 11.2. The number of aryl methyl sites for hydroxylation is 1. The lowest BCUT2D eigenvalue weighted by molar-refractivity contribution is -0.140. The fourth-order valence-electron chi connectivity index (χ4n) is 4.29. The Morgan fingerprint density at radius 3 is 2.82 bits per heavy atom. The first-order valence-electron chi connectivity index (χ1n) is 10.3. The molecule has 28 heavy (non-hydrogen) atoms. The molecule has 2 bridgehead atoms. The average Bonchev–Trinajstić information content (AvgIpc) is 2.71. The molecule has 150 valence electrons. The number of nitrogens with zero attached hydrogens (tertiary/aromatic N) is 1. The summed E-state index contributed by atoms with van der Waals surface area (Å²) in [6.07, 6.45) is 7.84. The average molecular weight is 382 g/mol. The molecule has 0 amide bonds. The molecule has 3 saturated heterocycles. The number of rotatable bonds is 7. The van der Waals surface area contributed by atoms with Crippen molar-refractivity contribution in [3.63, 3.8) is 0 Å². The summed E-state index contributed by atoms with van der Waals surface area (Å²) in [6.45, 7) is 6.67. The summed E-state index contributed by atoms with van der Waals surface area (Å²) in [5, 5.41) is 11.1. The Balaban J connectivity index is 1.72. The fraction of sp³-hybridized carbons (Fsp3) is 0.542. The Hall–Kier alpha value is -2.09. The number of esters is 1. The first kappa shape index (κ1) is 20.6. The molecule has 0 radical (unpaired) electrons. The van der Waals surface area contributed by atoms with Crippen LogP contribution in [0.4, 0.5) is 0 Å². The highest BCUT2D eigenvalue weighted by Gasteiger charge is 2.44. The number of allylic oxidation sites excluding steroid dienone is 1. The van der Waals surface area contributed by atoms with E-state index in [1.165, 1.54) is 12.7 Å². The number of benzene rings is 1. The van der Waals surface area contributed by atoms with E-state index in [-0.39, 0.29) is 11.9 Å². The standard InChI is InChI=1S/C24H31NO3/c1-3-6-20-10-9-19(7-4-5-8-23(26)28-2)17-21(20)11-14-24(27)18-25-15-12-22(24)13-16-25/h3,9-10,17,22,27H,1,4-8,12-13,15-16,18H2,2H3. The number of carbonyl (C=O) groups excluding carboxylic acids is 1. The number of ether oxygens (including phenoxy) is 1. The minimum atomic E-state index is -0.890. The predicted octanol–water partition coefficient (Wildman–Crippen LogP) is 3.11. The van der Waals surface area contributed by atoms with Gasteiger partial charge >= 0.3 is 5.97 Å². The van der Waals surface area contributed by atoms with Gasteiger partial charge in [0.1, 0.15) is 5.60 Å². The van der Waals surface area contributed by atoms with E-state index in [0.29, 0.717) is 13.0 Å². The molecule has 0 aromatic heterocycles. The van der Waals surface area contributed by atoms with Gasteiger partial charge in [-0.3, -0.25) is 9.69 Å². The van der Waals surface area contributed by atoms with Crippen LogP contribution in [0.25, 0.3) is 0 Å². The van der Waals surface area contributed by atoms with Gasteiger partial charge < -0.3 is 9.84 Å². The lowest BCUT2D eigenvalue weighted by atomic mass is 9.75. The number of piperidine rings is 3. The van der Waals surface area contributed by atoms with Gasteiger partial charge in [0.15, 0.2) is 0 Å². The second-order valence-corrected chi connectivity index (χ2v) is 7.99. The Kier molecular flexibility index (Phi) is 6.93. The first-order valence-corrected chi connectivity index (χ1v) is 10.3. The molecular formula is C24H31NO3. The SMILES string of the molecule is C=CCc1ccc(CCCCC(=O)OC)cc1C#CC1(O)CN2CCC1CC2. The molecule has 0 spiro atoms. The lowest BCUT2D eigenvalue weighted by Crippen LogP contribution is -2.58. The van der Waals surface area contributed by atoms with Crippen LogP contribution in [0.15, 0.2) is 30.9 Å². The van der Waals surface area contributed by atoms with Crippen molar-refractivity contribution >= 4 is 5.97 Å². The number of hydrogen-bond donors (Lipinski definition) is 1. The molecule has 4 heteroatoms. The van der Waals surface area contributed by atoms with Crippen LogP contribution in [-0.2, 0) is 22.4 Å². The molecule has 1 atom stereocenters. The molecule has 3 fully saturated rings. The molecule has 4 nitrogen and oxygen atoms in total. The van der Waals surface area contributed by atoms with E-state index in [1.807, 2.05) is 6.08 Å². The maximum absolute atomic E-state index is 11.2. The van der Waals surface area contributed by atoms with Gasteiger partial charge in [-0.15, -0.1) is 6.58 Å². The summed E-state index contributed by atoms with van der Waals surface area (Å²) in [7, 11) is 1.43. The molecule has 1 unspecified atom stereocenters. The van der Waals surface area contributed by atoms with E-state index < -0.39 is 5.60 Å². The minimum Gasteiger partial charge on any atom is -0.469 e. The Labute approximate surface area is 168 Å². The smallest absolute Gasteiger partial charge is 0.305 e. The van der Waals surface area contributed by atoms with E-state index >= 15 is 0 Å². The Bertz CT molecular complexity index is 768. The van der Waals surface area contributed by atoms with Crippen molar-refractivity contribution in [1.29, 1.82) is 0 Å². The van der Waals surface area contributed by atoms with Crippen LogP contribution in [0.1, 0.15) is 48.8 Å². The number of carbonyl (C=O) groups is 1. The molecule has 3 aliphatic heterocycles.